The quantitative estimate of drug-likeness (QED) is 0.588. The van der Waals surface area contributed by atoms with Crippen LogP contribution >= 0.6 is 0 Å². The Morgan fingerprint density at radius 3 is 2.34 bits per heavy atom. The van der Waals surface area contributed by atoms with Gasteiger partial charge in [0.15, 0.2) is 0 Å². The van der Waals surface area contributed by atoms with Crippen LogP contribution in [-0.2, 0) is 13.0 Å². The lowest BCUT2D eigenvalue weighted by molar-refractivity contribution is 0.0954. The van der Waals surface area contributed by atoms with Crippen molar-refractivity contribution >= 4 is 5.91 Å². The first-order valence-corrected chi connectivity index (χ1v) is 9.95. The molecule has 152 valence electrons. The number of hydrogen-bond acceptors (Lipinski definition) is 4. The van der Waals surface area contributed by atoms with Gasteiger partial charge in [0.25, 0.3) is 5.91 Å². The summed E-state index contributed by atoms with van der Waals surface area (Å²) in [6.07, 6.45) is 0.808. The fourth-order valence-corrected chi connectivity index (χ4v) is 3.06. The van der Waals surface area contributed by atoms with Gasteiger partial charge in [-0.3, -0.25) is 4.79 Å². The predicted molar refractivity (Wildman–Crippen MR) is 113 cm³/mol. The van der Waals surface area contributed by atoms with Gasteiger partial charge in [0.2, 0.25) is 0 Å². The van der Waals surface area contributed by atoms with Crippen molar-refractivity contribution in [3.63, 3.8) is 0 Å². The van der Waals surface area contributed by atoms with E-state index in [1.165, 1.54) is 11.1 Å². The van der Waals surface area contributed by atoms with Crippen LogP contribution in [0.1, 0.15) is 58.3 Å². The van der Waals surface area contributed by atoms with Crippen LogP contribution in [0.3, 0.4) is 0 Å². The summed E-state index contributed by atoms with van der Waals surface area (Å²) in [5, 5.41) is 6.89. The van der Waals surface area contributed by atoms with E-state index in [9.17, 15) is 4.79 Å². The first-order valence-electron chi connectivity index (χ1n) is 9.95. The Hall–Kier alpha value is -3.08. The maximum Gasteiger partial charge on any atom is 0.251 e. The minimum atomic E-state index is -0.0823. The summed E-state index contributed by atoms with van der Waals surface area (Å²) < 4.78 is 10.9. The van der Waals surface area contributed by atoms with Crippen LogP contribution in [0, 0.1) is 13.8 Å². The SMILES string of the molecule is Cc1noc(C)c1COc1ccc(C(=O)NCCc2ccc(C(C)C)cc2)cc1. The van der Waals surface area contributed by atoms with Crippen molar-refractivity contribution in [2.75, 3.05) is 6.54 Å². The molecule has 0 aliphatic rings. The van der Waals surface area contributed by atoms with Crippen molar-refractivity contribution in [3.8, 4) is 5.75 Å². The van der Waals surface area contributed by atoms with E-state index in [2.05, 4.69) is 48.6 Å². The topological polar surface area (TPSA) is 64.4 Å². The molecule has 0 atom stereocenters. The van der Waals surface area contributed by atoms with Crippen molar-refractivity contribution in [1.29, 1.82) is 0 Å². The van der Waals surface area contributed by atoms with E-state index in [1.807, 2.05) is 13.8 Å². The van der Waals surface area contributed by atoms with Gasteiger partial charge in [-0.05, 0) is 61.6 Å². The smallest absolute Gasteiger partial charge is 0.251 e. The molecule has 0 unspecified atom stereocenters. The van der Waals surface area contributed by atoms with E-state index >= 15 is 0 Å². The third-order valence-electron chi connectivity index (χ3n) is 5.03. The summed E-state index contributed by atoms with van der Waals surface area (Å²) in [5.41, 5.74) is 4.95. The van der Waals surface area contributed by atoms with Gasteiger partial charge in [-0.15, -0.1) is 0 Å². The van der Waals surface area contributed by atoms with Crippen molar-refractivity contribution < 1.29 is 14.1 Å². The van der Waals surface area contributed by atoms with Crippen LogP contribution in [0.4, 0.5) is 0 Å². The highest BCUT2D eigenvalue weighted by Crippen LogP contribution is 2.18. The Morgan fingerprint density at radius 2 is 1.76 bits per heavy atom. The zero-order chi connectivity index (χ0) is 20.8. The summed E-state index contributed by atoms with van der Waals surface area (Å²) in [7, 11) is 0. The molecule has 5 heteroatoms. The molecule has 0 aliphatic heterocycles. The standard InChI is InChI=1S/C24H28N2O3/c1-16(2)20-7-5-19(6-8-20)13-14-25-24(27)21-9-11-22(12-10-21)28-15-23-17(3)26-29-18(23)4/h5-12,16H,13-15H2,1-4H3,(H,25,27). The zero-order valence-electron chi connectivity index (χ0n) is 17.5. The van der Waals surface area contributed by atoms with Gasteiger partial charge in [0.05, 0.1) is 11.3 Å². The summed E-state index contributed by atoms with van der Waals surface area (Å²) in [6, 6.07) is 15.7. The Labute approximate surface area is 172 Å². The number of amides is 1. The fourth-order valence-electron chi connectivity index (χ4n) is 3.06. The maximum absolute atomic E-state index is 12.4. The first-order chi connectivity index (χ1) is 13.9. The van der Waals surface area contributed by atoms with E-state index in [1.54, 1.807) is 24.3 Å². The Morgan fingerprint density at radius 1 is 1.07 bits per heavy atom. The normalized spacial score (nSPS) is 10.9. The van der Waals surface area contributed by atoms with Crippen LogP contribution < -0.4 is 10.1 Å². The van der Waals surface area contributed by atoms with Crippen LogP contribution in [-0.4, -0.2) is 17.6 Å². The van der Waals surface area contributed by atoms with E-state index in [-0.39, 0.29) is 5.91 Å². The molecule has 0 saturated heterocycles. The Kier molecular flexibility index (Phi) is 6.70. The molecule has 1 amide bonds. The summed E-state index contributed by atoms with van der Waals surface area (Å²) >= 11 is 0. The number of aromatic nitrogens is 1. The average molecular weight is 392 g/mol. The Bertz CT molecular complexity index is 922. The number of carbonyl (C=O) groups excluding carboxylic acids is 1. The largest absolute Gasteiger partial charge is 0.489 e. The second-order valence-corrected chi connectivity index (χ2v) is 7.52. The van der Waals surface area contributed by atoms with Gasteiger partial charge in [-0.1, -0.05) is 43.3 Å². The molecular formula is C24H28N2O3. The number of aryl methyl sites for hydroxylation is 2. The molecule has 1 N–H and O–H groups in total. The van der Waals surface area contributed by atoms with Crippen LogP contribution in [0.15, 0.2) is 53.1 Å². The third kappa shape index (κ3) is 5.47. The third-order valence-corrected chi connectivity index (χ3v) is 5.03. The van der Waals surface area contributed by atoms with E-state index in [0.29, 0.717) is 30.4 Å². The van der Waals surface area contributed by atoms with Crippen LogP contribution in [0.5, 0.6) is 5.75 Å². The lowest BCUT2D eigenvalue weighted by Gasteiger charge is -2.09. The highest BCUT2D eigenvalue weighted by Gasteiger charge is 2.10. The average Bonchev–Trinajstić information content (AvgIpc) is 3.04. The van der Waals surface area contributed by atoms with Crippen LogP contribution in [0.2, 0.25) is 0 Å². The molecular weight excluding hydrogens is 364 g/mol. The van der Waals surface area contributed by atoms with E-state index in [4.69, 9.17) is 9.26 Å². The molecule has 0 aliphatic carbocycles. The molecule has 0 saturated carbocycles. The molecule has 1 heterocycles. The molecule has 3 rings (SSSR count). The van der Waals surface area contributed by atoms with Gasteiger partial charge in [0, 0.05) is 12.1 Å². The lowest BCUT2D eigenvalue weighted by Crippen LogP contribution is -2.25. The number of nitrogens with zero attached hydrogens (tertiary/aromatic N) is 1. The maximum atomic E-state index is 12.4. The summed E-state index contributed by atoms with van der Waals surface area (Å²) in [4.78, 5) is 12.4. The van der Waals surface area contributed by atoms with Crippen molar-refractivity contribution in [3.05, 3.63) is 82.2 Å². The molecule has 1 aromatic heterocycles. The molecule has 5 nitrogen and oxygen atoms in total. The number of carbonyl (C=O) groups is 1. The van der Waals surface area contributed by atoms with Crippen molar-refractivity contribution in [2.24, 2.45) is 0 Å². The number of rotatable bonds is 8. The molecule has 0 fully saturated rings. The predicted octanol–water partition coefficient (Wildman–Crippen LogP) is 4.97. The van der Waals surface area contributed by atoms with Crippen molar-refractivity contribution in [1.82, 2.24) is 10.5 Å². The lowest BCUT2D eigenvalue weighted by atomic mass is 10.0. The zero-order valence-corrected chi connectivity index (χ0v) is 17.5. The monoisotopic (exact) mass is 392 g/mol. The van der Waals surface area contributed by atoms with Gasteiger partial charge in [0.1, 0.15) is 18.1 Å². The number of benzene rings is 2. The van der Waals surface area contributed by atoms with Gasteiger partial charge in [-0.2, -0.15) is 0 Å². The highest BCUT2D eigenvalue weighted by molar-refractivity contribution is 5.94. The Balaban J connectivity index is 1.47. The van der Waals surface area contributed by atoms with Gasteiger partial charge in [-0.25, -0.2) is 0 Å². The summed E-state index contributed by atoms with van der Waals surface area (Å²) in [5.74, 6) is 1.91. The van der Waals surface area contributed by atoms with E-state index in [0.717, 1.165) is 23.4 Å². The molecule has 0 radical (unpaired) electrons. The number of ether oxygens (including phenoxy) is 1. The molecule has 2 aromatic carbocycles. The van der Waals surface area contributed by atoms with E-state index < -0.39 is 0 Å². The van der Waals surface area contributed by atoms with Gasteiger partial charge >= 0.3 is 0 Å². The molecule has 3 aromatic rings. The minimum absolute atomic E-state index is 0.0823. The first kappa shape index (κ1) is 20.6. The van der Waals surface area contributed by atoms with Gasteiger partial charge < -0.3 is 14.6 Å². The number of nitrogens with one attached hydrogen (secondary N) is 1. The molecule has 29 heavy (non-hydrogen) atoms. The van der Waals surface area contributed by atoms with Crippen LogP contribution in [0.25, 0.3) is 0 Å². The summed E-state index contributed by atoms with van der Waals surface area (Å²) in [6.45, 7) is 9.11. The highest BCUT2D eigenvalue weighted by atomic mass is 16.5. The van der Waals surface area contributed by atoms with Crippen molar-refractivity contribution in [2.45, 2.75) is 46.6 Å². The molecule has 0 spiro atoms. The second kappa shape index (κ2) is 9.41. The minimum Gasteiger partial charge on any atom is -0.489 e. The second-order valence-electron chi connectivity index (χ2n) is 7.52. The number of hydrogen-bond donors (Lipinski definition) is 1. The fraction of sp³-hybridized carbons (Fsp3) is 0.333. The molecule has 0 bridgehead atoms.